The number of nitrogens with one attached hydrogen (secondary N) is 2. The second-order valence-corrected chi connectivity index (χ2v) is 8.61. The van der Waals surface area contributed by atoms with Crippen molar-refractivity contribution in [1.29, 1.82) is 0 Å². The molecular formula is C31H31N3O5. The Hall–Kier alpha value is -4.85. The van der Waals surface area contributed by atoms with E-state index in [4.69, 9.17) is 14.2 Å². The van der Waals surface area contributed by atoms with Gasteiger partial charge in [0, 0.05) is 12.8 Å². The van der Waals surface area contributed by atoms with Gasteiger partial charge in [0.15, 0.2) is 11.5 Å². The van der Waals surface area contributed by atoms with E-state index in [1.54, 1.807) is 24.3 Å². The molecule has 2 N–H and O–H groups in total. The lowest BCUT2D eigenvalue weighted by Crippen LogP contribution is -2.20. The second kappa shape index (κ2) is 13.6. The van der Waals surface area contributed by atoms with E-state index in [0.717, 1.165) is 21.9 Å². The zero-order valence-corrected chi connectivity index (χ0v) is 22.0. The van der Waals surface area contributed by atoms with E-state index >= 15 is 0 Å². The molecule has 0 saturated carbocycles. The van der Waals surface area contributed by atoms with Gasteiger partial charge in [-0.05, 0) is 59.2 Å². The van der Waals surface area contributed by atoms with Crippen LogP contribution in [0.3, 0.4) is 0 Å². The fourth-order valence-corrected chi connectivity index (χ4v) is 3.99. The summed E-state index contributed by atoms with van der Waals surface area (Å²) in [4.78, 5) is 24.4. The quantitative estimate of drug-likeness (QED) is 0.183. The third-order valence-electron chi connectivity index (χ3n) is 5.89. The maximum atomic E-state index is 12.2. The summed E-state index contributed by atoms with van der Waals surface area (Å²) in [5, 5.41) is 9.07. The Morgan fingerprint density at radius 3 is 2.44 bits per heavy atom. The van der Waals surface area contributed by atoms with E-state index < -0.39 is 0 Å². The molecule has 0 aliphatic heterocycles. The smallest absolute Gasteiger partial charge is 0.240 e. The van der Waals surface area contributed by atoms with Crippen LogP contribution < -0.4 is 25.0 Å². The molecule has 0 aliphatic carbocycles. The van der Waals surface area contributed by atoms with E-state index in [-0.39, 0.29) is 24.7 Å². The zero-order chi connectivity index (χ0) is 27.5. The van der Waals surface area contributed by atoms with E-state index in [2.05, 4.69) is 40.1 Å². The Morgan fingerprint density at radius 1 is 0.821 bits per heavy atom. The lowest BCUT2D eigenvalue weighted by Gasteiger charge is -2.13. The van der Waals surface area contributed by atoms with Crippen molar-refractivity contribution in [2.45, 2.75) is 26.4 Å². The summed E-state index contributed by atoms with van der Waals surface area (Å²) in [5.74, 6) is 1.09. The summed E-state index contributed by atoms with van der Waals surface area (Å²) >= 11 is 0. The SMILES string of the molecule is CCOc1cc(C=NNC(=O)CCC(=O)Nc2ccccc2OC)ccc1OCc1cccc2ccccc12. The number of ether oxygens (including phenoxy) is 3. The largest absolute Gasteiger partial charge is 0.495 e. The predicted molar refractivity (Wildman–Crippen MR) is 152 cm³/mol. The average molecular weight is 526 g/mol. The molecule has 0 radical (unpaired) electrons. The number of anilines is 1. The van der Waals surface area contributed by atoms with Gasteiger partial charge in [-0.2, -0.15) is 5.10 Å². The van der Waals surface area contributed by atoms with Gasteiger partial charge >= 0.3 is 0 Å². The maximum absolute atomic E-state index is 12.2. The highest BCUT2D eigenvalue weighted by molar-refractivity contribution is 5.94. The third-order valence-corrected chi connectivity index (χ3v) is 5.89. The molecule has 0 fully saturated rings. The van der Waals surface area contributed by atoms with Crippen molar-refractivity contribution in [3.8, 4) is 17.2 Å². The number of carbonyl (C=O) groups excluding carboxylic acids is 2. The molecule has 4 rings (SSSR count). The van der Waals surface area contributed by atoms with Gasteiger partial charge < -0.3 is 19.5 Å². The lowest BCUT2D eigenvalue weighted by atomic mass is 10.1. The number of hydrogen-bond donors (Lipinski definition) is 2. The highest BCUT2D eigenvalue weighted by Gasteiger charge is 2.10. The molecule has 0 heterocycles. The zero-order valence-electron chi connectivity index (χ0n) is 22.0. The lowest BCUT2D eigenvalue weighted by molar-refractivity contribution is -0.124. The summed E-state index contributed by atoms with van der Waals surface area (Å²) in [6, 6.07) is 26.9. The normalized spacial score (nSPS) is 10.8. The third kappa shape index (κ3) is 7.58. The van der Waals surface area contributed by atoms with Crippen LogP contribution >= 0.6 is 0 Å². The van der Waals surface area contributed by atoms with Crippen LogP contribution in [0.25, 0.3) is 10.8 Å². The molecule has 8 nitrogen and oxygen atoms in total. The first kappa shape index (κ1) is 27.2. The first-order chi connectivity index (χ1) is 19.1. The minimum Gasteiger partial charge on any atom is -0.495 e. The summed E-state index contributed by atoms with van der Waals surface area (Å²) in [5.41, 5.74) is 4.82. The fourth-order valence-electron chi connectivity index (χ4n) is 3.99. The Balaban J connectivity index is 1.30. The highest BCUT2D eigenvalue weighted by Crippen LogP contribution is 2.30. The second-order valence-electron chi connectivity index (χ2n) is 8.61. The Morgan fingerprint density at radius 2 is 1.59 bits per heavy atom. The number of hydrogen-bond acceptors (Lipinski definition) is 6. The molecule has 0 aromatic heterocycles. The monoisotopic (exact) mass is 525 g/mol. The molecule has 0 bridgehead atoms. The van der Waals surface area contributed by atoms with Crippen molar-refractivity contribution < 1.29 is 23.8 Å². The van der Waals surface area contributed by atoms with Gasteiger partial charge in [-0.15, -0.1) is 0 Å². The summed E-state index contributed by atoms with van der Waals surface area (Å²) in [7, 11) is 1.53. The molecule has 39 heavy (non-hydrogen) atoms. The van der Waals surface area contributed by atoms with E-state index in [0.29, 0.717) is 36.1 Å². The van der Waals surface area contributed by atoms with Crippen LogP contribution in [0.1, 0.15) is 30.9 Å². The van der Waals surface area contributed by atoms with Crippen LogP contribution in [0.4, 0.5) is 5.69 Å². The Bertz CT molecular complexity index is 1460. The number of rotatable bonds is 12. The topological polar surface area (TPSA) is 98.2 Å². The summed E-state index contributed by atoms with van der Waals surface area (Å²) in [6.07, 6.45) is 1.52. The Labute approximate surface area is 227 Å². The van der Waals surface area contributed by atoms with Crippen LogP contribution in [0.5, 0.6) is 17.2 Å². The average Bonchev–Trinajstić information content (AvgIpc) is 2.96. The molecule has 200 valence electrons. The molecule has 0 saturated heterocycles. The molecule has 0 atom stereocenters. The standard InChI is InChI=1S/C31H31N3O5/c1-3-38-29-19-22(15-16-28(29)39-21-24-11-8-10-23-9-4-5-12-25(23)24)20-32-34-31(36)18-17-30(35)33-26-13-6-7-14-27(26)37-2/h4-16,19-20H,3,17-18,21H2,1-2H3,(H,33,35)(H,34,36). The summed E-state index contributed by atoms with van der Waals surface area (Å²) in [6.45, 7) is 2.77. The number of hydrazone groups is 1. The number of para-hydroxylation sites is 2. The molecule has 0 unspecified atom stereocenters. The Kier molecular flexibility index (Phi) is 9.50. The predicted octanol–water partition coefficient (Wildman–Crippen LogP) is 5.70. The number of fused-ring (bicyclic) bond motifs is 1. The maximum Gasteiger partial charge on any atom is 0.240 e. The van der Waals surface area contributed by atoms with Crippen LogP contribution in [-0.4, -0.2) is 31.7 Å². The van der Waals surface area contributed by atoms with Gasteiger partial charge in [-0.1, -0.05) is 54.6 Å². The summed E-state index contributed by atoms with van der Waals surface area (Å²) < 4.78 is 17.1. The van der Waals surface area contributed by atoms with E-state index in [9.17, 15) is 9.59 Å². The van der Waals surface area contributed by atoms with E-state index in [1.807, 2.05) is 43.3 Å². The molecular weight excluding hydrogens is 494 g/mol. The molecule has 0 spiro atoms. The molecule has 8 heteroatoms. The van der Waals surface area contributed by atoms with Gasteiger partial charge in [-0.3, -0.25) is 9.59 Å². The minimum absolute atomic E-state index is 0.0105. The van der Waals surface area contributed by atoms with Crippen molar-refractivity contribution in [2.24, 2.45) is 5.10 Å². The van der Waals surface area contributed by atoms with E-state index in [1.165, 1.54) is 13.3 Å². The van der Waals surface area contributed by atoms with Crippen molar-refractivity contribution in [3.05, 3.63) is 96.1 Å². The number of amides is 2. The number of benzene rings is 4. The van der Waals surface area contributed by atoms with Gasteiger partial charge in [0.25, 0.3) is 0 Å². The van der Waals surface area contributed by atoms with Gasteiger partial charge in [0.2, 0.25) is 11.8 Å². The molecule has 4 aromatic rings. The molecule has 2 amide bonds. The molecule has 4 aromatic carbocycles. The number of nitrogens with zero attached hydrogens (tertiary/aromatic N) is 1. The first-order valence-electron chi connectivity index (χ1n) is 12.7. The van der Waals surface area contributed by atoms with Crippen LogP contribution in [-0.2, 0) is 16.2 Å². The minimum atomic E-state index is -0.374. The van der Waals surface area contributed by atoms with Crippen molar-refractivity contribution >= 4 is 34.5 Å². The van der Waals surface area contributed by atoms with Gasteiger partial charge in [-0.25, -0.2) is 5.43 Å². The van der Waals surface area contributed by atoms with Gasteiger partial charge in [0.05, 0.1) is 25.6 Å². The van der Waals surface area contributed by atoms with Crippen molar-refractivity contribution in [1.82, 2.24) is 5.43 Å². The van der Waals surface area contributed by atoms with Gasteiger partial charge in [0.1, 0.15) is 12.4 Å². The molecule has 0 aliphatic rings. The number of methoxy groups -OCH3 is 1. The van der Waals surface area contributed by atoms with Crippen LogP contribution in [0, 0.1) is 0 Å². The van der Waals surface area contributed by atoms with Crippen molar-refractivity contribution in [3.63, 3.8) is 0 Å². The van der Waals surface area contributed by atoms with Crippen molar-refractivity contribution in [2.75, 3.05) is 19.0 Å². The first-order valence-corrected chi connectivity index (χ1v) is 12.7. The fraction of sp³-hybridized carbons (Fsp3) is 0.194. The highest BCUT2D eigenvalue weighted by atomic mass is 16.5. The van der Waals surface area contributed by atoms with Crippen LogP contribution in [0.15, 0.2) is 90.0 Å². The van der Waals surface area contributed by atoms with Crippen LogP contribution in [0.2, 0.25) is 0 Å². The number of carbonyl (C=O) groups is 2.